The molecule has 0 bridgehead atoms. The molecule has 2 aromatic rings. The molecule has 154 valence electrons. The fraction of sp³-hybridized carbons (Fsp3) is 0.217. The zero-order chi connectivity index (χ0) is 21.8. The molecule has 2 aromatic carbocycles. The van der Waals surface area contributed by atoms with E-state index in [2.05, 4.69) is 6.58 Å². The molecule has 0 atom stereocenters. The highest BCUT2D eigenvalue weighted by Gasteiger charge is 2.36. The van der Waals surface area contributed by atoms with E-state index in [-0.39, 0.29) is 17.2 Å². The quantitative estimate of drug-likeness (QED) is 0.401. The highest BCUT2D eigenvalue weighted by molar-refractivity contribution is 6.34. The highest BCUT2D eigenvalue weighted by atomic mass is 16.5. The predicted octanol–water partition coefficient (Wildman–Crippen LogP) is 3.07. The Morgan fingerprint density at radius 1 is 1.03 bits per heavy atom. The van der Waals surface area contributed by atoms with Gasteiger partial charge in [-0.25, -0.2) is 9.69 Å². The second-order valence-electron chi connectivity index (χ2n) is 6.98. The Labute approximate surface area is 174 Å². The Bertz CT molecular complexity index is 1010. The first kappa shape index (κ1) is 21.0. The number of hydrogen-bond acceptors (Lipinski definition) is 5. The first-order chi connectivity index (χ1) is 14.3. The molecule has 7 heteroatoms. The van der Waals surface area contributed by atoms with Crippen LogP contribution in [0.4, 0.5) is 5.69 Å². The maximum absolute atomic E-state index is 12.6. The van der Waals surface area contributed by atoms with E-state index in [1.54, 1.807) is 36.4 Å². The number of ether oxygens (including phenoxy) is 1. The molecule has 0 radical (unpaired) electrons. The minimum atomic E-state index is -0.715. The number of amides is 3. The van der Waals surface area contributed by atoms with Crippen LogP contribution in [0.1, 0.15) is 44.9 Å². The van der Waals surface area contributed by atoms with Crippen molar-refractivity contribution in [2.24, 2.45) is 0 Å². The average molecular weight is 406 g/mol. The van der Waals surface area contributed by atoms with Crippen LogP contribution in [0.15, 0.2) is 60.7 Å². The SMILES string of the molecule is C=C(C)CN(CC)C(=O)COC(=O)c1cccc(N2C(=O)c3ccccc3C2=O)c1. The van der Waals surface area contributed by atoms with Crippen LogP contribution in [0.3, 0.4) is 0 Å². The molecule has 0 N–H and O–H groups in total. The minimum Gasteiger partial charge on any atom is -0.452 e. The monoisotopic (exact) mass is 406 g/mol. The predicted molar refractivity (Wildman–Crippen MR) is 111 cm³/mol. The van der Waals surface area contributed by atoms with Crippen LogP contribution in [0, 0.1) is 0 Å². The van der Waals surface area contributed by atoms with Gasteiger partial charge in [0.2, 0.25) is 0 Å². The molecule has 1 aliphatic heterocycles. The zero-order valence-corrected chi connectivity index (χ0v) is 16.9. The van der Waals surface area contributed by atoms with Crippen molar-refractivity contribution < 1.29 is 23.9 Å². The molecule has 0 aliphatic carbocycles. The van der Waals surface area contributed by atoms with E-state index in [0.29, 0.717) is 24.2 Å². The number of hydrogen-bond donors (Lipinski definition) is 0. The number of fused-ring (bicyclic) bond motifs is 1. The van der Waals surface area contributed by atoms with Crippen LogP contribution in [0.5, 0.6) is 0 Å². The lowest BCUT2D eigenvalue weighted by Gasteiger charge is -2.20. The normalized spacial score (nSPS) is 12.5. The Morgan fingerprint density at radius 3 is 2.23 bits per heavy atom. The first-order valence-corrected chi connectivity index (χ1v) is 9.50. The number of imide groups is 1. The van der Waals surface area contributed by atoms with Crippen LogP contribution in [0.25, 0.3) is 0 Å². The summed E-state index contributed by atoms with van der Waals surface area (Å²) in [6, 6.07) is 12.6. The number of carbonyl (C=O) groups excluding carboxylic acids is 4. The van der Waals surface area contributed by atoms with Gasteiger partial charge in [0.05, 0.1) is 22.4 Å². The van der Waals surface area contributed by atoms with Crippen LogP contribution in [-0.4, -0.2) is 48.3 Å². The Kier molecular flexibility index (Phi) is 6.11. The van der Waals surface area contributed by atoms with Gasteiger partial charge in [0.25, 0.3) is 17.7 Å². The topological polar surface area (TPSA) is 84.0 Å². The number of nitrogens with zero attached hydrogens (tertiary/aromatic N) is 2. The standard InChI is InChI=1S/C23H22N2O5/c1-4-24(13-15(2)3)20(26)14-30-23(29)16-8-7-9-17(12-16)25-21(27)18-10-5-6-11-19(18)22(25)28/h5-12H,2,4,13-14H2,1,3H3. The van der Waals surface area contributed by atoms with Crippen LogP contribution in [-0.2, 0) is 9.53 Å². The van der Waals surface area contributed by atoms with Crippen molar-refractivity contribution in [2.75, 3.05) is 24.6 Å². The molecule has 0 saturated heterocycles. The number of likely N-dealkylation sites (N-methyl/N-ethyl adjacent to an activating group) is 1. The molecule has 1 heterocycles. The molecule has 0 aromatic heterocycles. The average Bonchev–Trinajstić information content (AvgIpc) is 3.00. The van der Waals surface area contributed by atoms with Crippen molar-refractivity contribution in [3.05, 3.63) is 77.4 Å². The molecule has 0 saturated carbocycles. The summed E-state index contributed by atoms with van der Waals surface area (Å²) in [4.78, 5) is 52.5. The summed E-state index contributed by atoms with van der Waals surface area (Å²) in [7, 11) is 0. The van der Waals surface area contributed by atoms with E-state index in [4.69, 9.17) is 4.74 Å². The Balaban J connectivity index is 1.72. The molecule has 3 amide bonds. The summed E-state index contributed by atoms with van der Waals surface area (Å²) < 4.78 is 5.14. The summed E-state index contributed by atoms with van der Waals surface area (Å²) in [6.07, 6.45) is 0. The summed E-state index contributed by atoms with van der Waals surface area (Å²) in [6.45, 7) is 7.88. The molecule has 0 unspecified atom stereocenters. The van der Waals surface area contributed by atoms with E-state index >= 15 is 0 Å². The molecule has 0 fully saturated rings. The van der Waals surface area contributed by atoms with Gasteiger partial charge in [-0.3, -0.25) is 14.4 Å². The largest absolute Gasteiger partial charge is 0.452 e. The number of benzene rings is 2. The van der Waals surface area contributed by atoms with Gasteiger partial charge >= 0.3 is 5.97 Å². The maximum Gasteiger partial charge on any atom is 0.338 e. The van der Waals surface area contributed by atoms with E-state index < -0.39 is 24.4 Å². The molecule has 1 aliphatic rings. The van der Waals surface area contributed by atoms with E-state index in [1.807, 2.05) is 13.8 Å². The van der Waals surface area contributed by atoms with Gasteiger partial charge in [-0.1, -0.05) is 30.4 Å². The third-order valence-corrected chi connectivity index (χ3v) is 4.66. The van der Waals surface area contributed by atoms with E-state index in [9.17, 15) is 19.2 Å². The van der Waals surface area contributed by atoms with Crippen LogP contribution in [0.2, 0.25) is 0 Å². The van der Waals surface area contributed by atoms with E-state index in [0.717, 1.165) is 10.5 Å². The minimum absolute atomic E-state index is 0.139. The van der Waals surface area contributed by atoms with Crippen molar-refractivity contribution in [2.45, 2.75) is 13.8 Å². The molecule has 0 spiro atoms. The summed E-state index contributed by atoms with van der Waals surface area (Å²) >= 11 is 0. The van der Waals surface area contributed by atoms with Gasteiger partial charge in [-0.2, -0.15) is 0 Å². The van der Waals surface area contributed by atoms with Crippen molar-refractivity contribution in [3.8, 4) is 0 Å². The third-order valence-electron chi connectivity index (χ3n) is 4.66. The second kappa shape index (κ2) is 8.73. The Morgan fingerprint density at radius 2 is 1.67 bits per heavy atom. The molecule has 30 heavy (non-hydrogen) atoms. The number of anilines is 1. The van der Waals surface area contributed by atoms with Gasteiger partial charge in [0.1, 0.15) is 0 Å². The first-order valence-electron chi connectivity index (χ1n) is 9.50. The van der Waals surface area contributed by atoms with Gasteiger partial charge in [-0.15, -0.1) is 0 Å². The summed E-state index contributed by atoms with van der Waals surface area (Å²) in [5.74, 6) is -1.94. The number of carbonyl (C=O) groups is 4. The van der Waals surface area contributed by atoms with Crippen molar-refractivity contribution >= 4 is 29.4 Å². The summed E-state index contributed by atoms with van der Waals surface area (Å²) in [5.41, 5.74) is 1.86. The summed E-state index contributed by atoms with van der Waals surface area (Å²) in [5, 5.41) is 0. The highest BCUT2D eigenvalue weighted by Crippen LogP contribution is 2.28. The van der Waals surface area contributed by atoms with Crippen molar-refractivity contribution in [1.29, 1.82) is 0 Å². The lowest BCUT2D eigenvalue weighted by Crippen LogP contribution is -2.35. The maximum atomic E-state index is 12.6. The lowest BCUT2D eigenvalue weighted by molar-refractivity contribution is -0.133. The molecular formula is C23H22N2O5. The van der Waals surface area contributed by atoms with Gasteiger partial charge in [0.15, 0.2) is 6.61 Å². The Hall–Kier alpha value is -3.74. The van der Waals surface area contributed by atoms with Gasteiger partial charge in [-0.05, 0) is 44.2 Å². The second-order valence-corrected chi connectivity index (χ2v) is 6.98. The van der Waals surface area contributed by atoms with Crippen molar-refractivity contribution in [3.63, 3.8) is 0 Å². The molecule has 7 nitrogen and oxygen atoms in total. The van der Waals surface area contributed by atoms with E-state index in [1.165, 1.54) is 17.0 Å². The third kappa shape index (κ3) is 4.15. The van der Waals surface area contributed by atoms with Gasteiger partial charge < -0.3 is 9.64 Å². The van der Waals surface area contributed by atoms with Crippen molar-refractivity contribution in [1.82, 2.24) is 4.90 Å². The van der Waals surface area contributed by atoms with Crippen LogP contribution >= 0.6 is 0 Å². The zero-order valence-electron chi connectivity index (χ0n) is 16.9. The number of esters is 1. The van der Waals surface area contributed by atoms with Crippen LogP contribution < -0.4 is 4.90 Å². The fourth-order valence-electron chi connectivity index (χ4n) is 3.20. The van der Waals surface area contributed by atoms with Gasteiger partial charge in [0, 0.05) is 13.1 Å². The molecule has 3 rings (SSSR count). The smallest absolute Gasteiger partial charge is 0.338 e. The fourth-order valence-corrected chi connectivity index (χ4v) is 3.20. The lowest BCUT2D eigenvalue weighted by atomic mass is 10.1. The number of rotatable bonds is 7. The molecular weight excluding hydrogens is 384 g/mol.